The first-order valence-electron chi connectivity index (χ1n) is 11.6. The van der Waals surface area contributed by atoms with Gasteiger partial charge in [0.15, 0.2) is 0 Å². The largest absolute Gasteiger partial charge is 0.380 e. The molecular weight excluding hydrogens is 418 g/mol. The maximum Gasteiger partial charge on any atom is 0.254 e. The Morgan fingerprint density at radius 1 is 0.879 bits per heavy atom. The van der Waals surface area contributed by atoms with Gasteiger partial charge in [-0.05, 0) is 53.6 Å². The van der Waals surface area contributed by atoms with Gasteiger partial charge in [0.05, 0.1) is 19.3 Å². The third kappa shape index (κ3) is 3.61. The summed E-state index contributed by atoms with van der Waals surface area (Å²) < 4.78 is 7.64. The lowest BCUT2D eigenvalue weighted by molar-refractivity contribution is -0.143. The van der Waals surface area contributed by atoms with Crippen LogP contribution in [0.15, 0.2) is 54.7 Å². The van der Waals surface area contributed by atoms with Crippen LogP contribution >= 0.6 is 0 Å². The number of carbonyl (C=O) groups excluding carboxylic acids is 2. The van der Waals surface area contributed by atoms with Gasteiger partial charge in [-0.15, -0.1) is 0 Å². The molecule has 2 saturated heterocycles. The van der Waals surface area contributed by atoms with Crippen LogP contribution in [0.1, 0.15) is 29.2 Å². The summed E-state index contributed by atoms with van der Waals surface area (Å²) in [6.45, 7) is 3.43. The van der Waals surface area contributed by atoms with Gasteiger partial charge < -0.3 is 24.2 Å². The Morgan fingerprint density at radius 2 is 1.55 bits per heavy atom. The normalized spacial score (nSPS) is 20.0. The molecule has 1 aliphatic carbocycles. The quantitative estimate of drug-likeness (QED) is 0.670. The Kier molecular flexibility index (Phi) is 4.78. The summed E-state index contributed by atoms with van der Waals surface area (Å²) in [4.78, 5) is 28.8. The van der Waals surface area contributed by atoms with Crippen LogP contribution in [0.4, 0.5) is 0 Å². The second kappa shape index (κ2) is 7.71. The molecular formula is C26H27N3O4. The zero-order valence-electron chi connectivity index (χ0n) is 18.4. The molecule has 0 bridgehead atoms. The summed E-state index contributed by atoms with van der Waals surface area (Å²) in [5.74, 6) is -0.208. The molecule has 170 valence electrons. The summed E-state index contributed by atoms with van der Waals surface area (Å²) in [7, 11) is 0. The maximum atomic E-state index is 13.0. The molecule has 2 aromatic carbocycles. The Balaban J connectivity index is 1.15. The van der Waals surface area contributed by atoms with Crippen molar-refractivity contribution >= 4 is 22.7 Å². The van der Waals surface area contributed by atoms with Gasteiger partial charge in [-0.25, -0.2) is 0 Å². The fourth-order valence-electron chi connectivity index (χ4n) is 4.76. The first-order valence-corrected chi connectivity index (χ1v) is 11.6. The van der Waals surface area contributed by atoms with E-state index in [9.17, 15) is 14.7 Å². The van der Waals surface area contributed by atoms with E-state index < -0.39 is 5.60 Å². The summed E-state index contributed by atoms with van der Waals surface area (Å²) in [5.41, 5.74) is 2.89. The maximum absolute atomic E-state index is 13.0. The van der Waals surface area contributed by atoms with E-state index in [-0.39, 0.29) is 11.8 Å². The van der Waals surface area contributed by atoms with Gasteiger partial charge in [0.1, 0.15) is 5.60 Å². The van der Waals surface area contributed by atoms with E-state index >= 15 is 0 Å². The lowest BCUT2D eigenvalue weighted by Crippen LogP contribution is -2.53. The molecule has 0 unspecified atom stereocenters. The zero-order valence-corrected chi connectivity index (χ0v) is 18.4. The molecule has 0 atom stereocenters. The number of hydrogen-bond acceptors (Lipinski definition) is 4. The highest BCUT2D eigenvalue weighted by Gasteiger charge is 2.50. The number of aromatic nitrogens is 1. The van der Waals surface area contributed by atoms with Crippen molar-refractivity contribution in [1.82, 2.24) is 14.4 Å². The first-order chi connectivity index (χ1) is 16.0. The van der Waals surface area contributed by atoms with E-state index in [0.29, 0.717) is 50.6 Å². The lowest BCUT2D eigenvalue weighted by Gasteiger charge is -2.35. The average Bonchev–Trinajstić information content (AvgIpc) is 3.45. The van der Waals surface area contributed by atoms with Gasteiger partial charge in [-0.1, -0.05) is 24.3 Å². The van der Waals surface area contributed by atoms with E-state index in [0.717, 1.165) is 24.3 Å². The molecule has 3 heterocycles. The summed E-state index contributed by atoms with van der Waals surface area (Å²) in [6, 6.07) is 16.7. The predicted molar refractivity (Wildman–Crippen MR) is 124 cm³/mol. The van der Waals surface area contributed by atoms with Crippen molar-refractivity contribution in [3.63, 3.8) is 0 Å². The minimum absolute atomic E-state index is 0.0203. The van der Waals surface area contributed by atoms with Crippen molar-refractivity contribution in [3.8, 4) is 11.1 Å². The van der Waals surface area contributed by atoms with E-state index in [1.165, 1.54) is 10.9 Å². The average molecular weight is 446 g/mol. The van der Waals surface area contributed by atoms with Crippen LogP contribution in [-0.2, 0) is 9.53 Å². The van der Waals surface area contributed by atoms with Gasteiger partial charge in [0.2, 0.25) is 0 Å². The predicted octanol–water partition coefficient (Wildman–Crippen LogP) is 2.69. The van der Waals surface area contributed by atoms with Crippen LogP contribution < -0.4 is 0 Å². The van der Waals surface area contributed by atoms with Gasteiger partial charge in [-0.2, -0.15) is 0 Å². The number of rotatable bonds is 4. The summed E-state index contributed by atoms with van der Waals surface area (Å²) >= 11 is 0. The molecule has 3 aromatic rings. The van der Waals surface area contributed by atoms with Crippen LogP contribution in [0.2, 0.25) is 0 Å². The van der Waals surface area contributed by atoms with Crippen LogP contribution in [-0.4, -0.2) is 76.3 Å². The summed E-state index contributed by atoms with van der Waals surface area (Å²) in [5, 5.41) is 11.3. The Hall–Kier alpha value is -3.16. The highest BCUT2D eigenvalue weighted by atomic mass is 16.5. The van der Waals surface area contributed by atoms with Gasteiger partial charge in [-0.3, -0.25) is 9.59 Å². The van der Waals surface area contributed by atoms with E-state index in [1.54, 1.807) is 9.80 Å². The summed E-state index contributed by atoms with van der Waals surface area (Å²) in [6.07, 6.45) is 3.22. The van der Waals surface area contributed by atoms with Crippen LogP contribution in [0.5, 0.6) is 0 Å². The van der Waals surface area contributed by atoms with Crippen molar-refractivity contribution in [1.29, 1.82) is 0 Å². The molecule has 7 nitrogen and oxygen atoms in total. The minimum atomic E-state index is -1.14. The topological polar surface area (TPSA) is 75.0 Å². The molecule has 2 aliphatic heterocycles. The molecule has 0 spiro atoms. The molecule has 1 N–H and O–H groups in total. The Bertz CT molecular complexity index is 1220. The van der Waals surface area contributed by atoms with Crippen molar-refractivity contribution in [3.05, 3.63) is 60.3 Å². The molecule has 3 fully saturated rings. The monoisotopic (exact) mass is 445 g/mol. The number of hydrogen-bond donors (Lipinski definition) is 1. The van der Waals surface area contributed by atoms with Crippen LogP contribution in [0, 0.1) is 0 Å². The molecule has 1 saturated carbocycles. The fraction of sp³-hybridized carbons (Fsp3) is 0.385. The SMILES string of the molecule is O=C(c1ccc(-c2ccc3ccn(C4COC4)c3c2)cc1)N1CCN(C(=O)C2(O)CC2)CC1. The Labute approximate surface area is 192 Å². The van der Waals surface area contributed by atoms with E-state index in [4.69, 9.17) is 4.74 Å². The number of fused-ring (bicyclic) bond motifs is 1. The minimum Gasteiger partial charge on any atom is -0.380 e. The van der Waals surface area contributed by atoms with Crippen molar-refractivity contribution in [2.75, 3.05) is 39.4 Å². The highest BCUT2D eigenvalue weighted by molar-refractivity contribution is 5.95. The second-order valence-electron chi connectivity index (χ2n) is 9.38. The first kappa shape index (κ1) is 20.4. The number of ether oxygens (including phenoxy) is 1. The van der Waals surface area contributed by atoms with E-state index in [1.807, 2.05) is 24.3 Å². The van der Waals surface area contributed by atoms with Crippen molar-refractivity contribution < 1.29 is 19.4 Å². The number of aliphatic hydroxyl groups is 1. The smallest absolute Gasteiger partial charge is 0.254 e. The van der Waals surface area contributed by atoms with E-state index in [2.05, 4.69) is 35.0 Å². The number of carbonyl (C=O) groups is 2. The molecule has 2 amide bonds. The van der Waals surface area contributed by atoms with Crippen LogP contribution in [0.3, 0.4) is 0 Å². The third-order valence-electron chi connectivity index (χ3n) is 7.18. The van der Waals surface area contributed by atoms with Crippen molar-refractivity contribution in [2.24, 2.45) is 0 Å². The molecule has 7 heteroatoms. The number of piperazine rings is 1. The molecule has 33 heavy (non-hydrogen) atoms. The lowest BCUT2D eigenvalue weighted by atomic mass is 10.0. The van der Waals surface area contributed by atoms with Gasteiger partial charge in [0, 0.05) is 43.5 Å². The molecule has 3 aliphatic rings. The highest BCUT2D eigenvalue weighted by Crippen LogP contribution is 2.37. The molecule has 0 radical (unpaired) electrons. The standard InChI is InChI=1S/C26H27N3O4/c30-24(27-11-13-28(14-12-27)25(31)26(32)8-9-26)20-4-1-18(2-5-20)21-6-3-19-7-10-29(23(19)15-21)22-16-33-17-22/h1-7,10,15,22,32H,8-9,11-14,16-17H2. The number of nitrogens with zero attached hydrogens (tertiary/aromatic N) is 3. The van der Waals surface area contributed by atoms with Crippen LogP contribution in [0.25, 0.3) is 22.0 Å². The zero-order chi connectivity index (χ0) is 22.6. The third-order valence-corrected chi connectivity index (χ3v) is 7.18. The fourth-order valence-corrected chi connectivity index (χ4v) is 4.76. The number of benzene rings is 2. The molecule has 6 rings (SSSR count). The van der Waals surface area contributed by atoms with Gasteiger partial charge >= 0.3 is 0 Å². The Morgan fingerprint density at radius 3 is 2.18 bits per heavy atom. The molecule has 1 aromatic heterocycles. The second-order valence-corrected chi connectivity index (χ2v) is 9.38. The van der Waals surface area contributed by atoms with Crippen molar-refractivity contribution in [2.45, 2.75) is 24.5 Å². The van der Waals surface area contributed by atoms with Gasteiger partial charge in [0.25, 0.3) is 11.8 Å². The number of amides is 2.